The Morgan fingerprint density at radius 3 is 2.68 bits per heavy atom. The topological polar surface area (TPSA) is 76.0 Å². The van der Waals surface area contributed by atoms with Crippen molar-refractivity contribution in [1.82, 2.24) is 14.9 Å². The molecule has 0 aliphatic heterocycles. The Morgan fingerprint density at radius 2 is 2.03 bits per heavy atom. The molecule has 3 aromatic rings. The van der Waals surface area contributed by atoms with Crippen LogP contribution in [0.3, 0.4) is 0 Å². The molecule has 200 valence electrons. The van der Waals surface area contributed by atoms with Gasteiger partial charge in [-0.2, -0.15) is 0 Å². The Morgan fingerprint density at radius 1 is 1.27 bits per heavy atom. The Labute approximate surface area is 221 Å². The molecule has 2 amide bonds. The number of halogens is 2. The van der Waals surface area contributed by atoms with Gasteiger partial charge in [0.25, 0.3) is 11.8 Å². The number of amides is 2. The molecule has 2 heterocycles. The summed E-state index contributed by atoms with van der Waals surface area (Å²) in [4.78, 5) is 28.6. The van der Waals surface area contributed by atoms with Gasteiger partial charge in [0.15, 0.2) is 5.13 Å². The van der Waals surface area contributed by atoms with Crippen molar-refractivity contribution in [3.8, 4) is 11.3 Å². The molecule has 1 fully saturated rings. The third-order valence-corrected chi connectivity index (χ3v) is 7.11. The largest absolute Gasteiger partial charge is 0.344 e. The van der Waals surface area contributed by atoms with Gasteiger partial charge in [-0.05, 0) is 25.0 Å². The second-order valence-electron chi connectivity index (χ2n) is 9.62. The number of aryl methyl sites for hydroxylation is 1. The quantitative estimate of drug-likeness (QED) is 0.294. The van der Waals surface area contributed by atoms with Crippen molar-refractivity contribution in [2.24, 2.45) is 5.92 Å². The summed E-state index contributed by atoms with van der Waals surface area (Å²) in [5, 5.41) is 7.41. The molecule has 9 heteroatoms. The Hall–Kier alpha value is -3.07. The molecule has 1 aliphatic carbocycles. The summed E-state index contributed by atoms with van der Waals surface area (Å²) in [7, 11) is 0. The summed E-state index contributed by atoms with van der Waals surface area (Å²) in [5.41, 5.74) is 3.07. The molecule has 0 spiro atoms. The minimum Gasteiger partial charge on any atom is -0.344 e. The smallest absolute Gasteiger partial charge is 0.270 e. The first-order valence-electron chi connectivity index (χ1n) is 12.8. The highest BCUT2D eigenvalue weighted by Gasteiger charge is 2.58. The summed E-state index contributed by atoms with van der Waals surface area (Å²) < 4.78 is 27.5. The van der Waals surface area contributed by atoms with Crippen LogP contribution in [0.25, 0.3) is 11.3 Å². The van der Waals surface area contributed by atoms with Crippen LogP contribution in [0.15, 0.2) is 48.1 Å². The van der Waals surface area contributed by atoms with Gasteiger partial charge in [-0.15, -0.1) is 11.3 Å². The van der Waals surface area contributed by atoms with E-state index >= 15 is 0 Å². The van der Waals surface area contributed by atoms with Crippen molar-refractivity contribution in [3.63, 3.8) is 0 Å². The number of anilines is 1. The van der Waals surface area contributed by atoms with Crippen LogP contribution < -0.4 is 10.6 Å². The van der Waals surface area contributed by atoms with Crippen molar-refractivity contribution in [3.05, 3.63) is 59.2 Å². The fourth-order valence-corrected chi connectivity index (χ4v) is 4.45. The highest BCUT2D eigenvalue weighted by molar-refractivity contribution is 7.14. The number of hydrogen-bond acceptors (Lipinski definition) is 4. The zero-order valence-electron chi connectivity index (χ0n) is 21.9. The van der Waals surface area contributed by atoms with Crippen LogP contribution in [-0.4, -0.2) is 33.8 Å². The van der Waals surface area contributed by atoms with Crippen molar-refractivity contribution >= 4 is 28.3 Å². The van der Waals surface area contributed by atoms with Gasteiger partial charge in [-0.3, -0.25) is 9.59 Å². The number of benzene rings is 1. The van der Waals surface area contributed by atoms with Gasteiger partial charge < -0.3 is 15.2 Å². The zero-order valence-corrected chi connectivity index (χ0v) is 22.7. The van der Waals surface area contributed by atoms with E-state index in [1.165, 1.54) is 60.0 Å². The third-order valence-electron chi connectivity index (χ3n) is 6.35. The van der Waals surface area contributed by atoms with Crippen molar-refractivity contribution in [1.29, 1.82) is 0 Å². The molecule has 2 aromatic heterocycles. The van der Waals surface area contributed by atoms with Gasteiger partial charge in [0, 0.05) is 29.8 Å². The van der Waals surface area contributed by atoms with Crippen LogP contribution in [0.2, 0.25) is 0 Å². The number of thiazole rings is 1. The van der Waals surface area contributed by atoms with E-state index in [4.69, 9.17) is 0 Å². The first-order valence-corrected chi connectivity index (χ1v) is 13.7. The average Bonchev–Trinajstić information content (AvgIpc) is 3.25. The van der Waals surface area contributed by atoms with Crippen LogP contribution in [0.1, 0.15) is 74.8 Å². The van der Waals surface area contributed by atoms with Gasteiger partial charge in [0.05, 0.1) is 17.8 Å². The number of unbranched alkanes of at least 4 members (excludes halogenated alkanes) is 1. The third kappa shape index (κ3) is 8.49. The fourth-order valence-electron chi connectivity index (χ4n) is 3.71. The van der Waals surface area contributed by atoms with Crippen LogP contribution in [0, 0.1) is 12.8 Å². The Bertz CT molecular complexity index is 1190. The maximum Gasteiger partial charge on any atom is 0.270 e. The van der Waals surface area contributed by atoms with E-state index in [-0.39, 0.29) is 18.5 Å². The zero-order chi connectivity index (χ0) is 27.0. The van der Waals surface area contributed by atoms with E-state index in [1.807, 2.05) is 36.6 Å². The molecule has 4 rings (SSSR count). The lowest BCUT2D eigenvalue weighted by atomic mass is 10.0. The molecule has 1 aromatic carbocycles. The van der Waals surface area contributed by atoms with Crippen LogP contribution >= 0.6 is 11.3 Å². The van der Waals surface area contributed by atoms with E-state index in [9.17, 15) is 18.4 Å². The SMILES string of the molecule is CCCCC(C)CC.Cc1cccc(-c2csc(NC(=O)CNC(=O)c3ccn(C4CC4(F)F)c3)n2)c1. The number of nitrogens with one attached hydrogen (secondary N) is 2. The second-order valence-corrected chi connectivity index (χ2v) is 10.5. The van der Waals surface area contributed by atoms with Crippen molar-refractivity contribution in [2.45, 2.75) is 71.8 Å². The minimum atomic E-state index is -2.71. The summed E-state index contributed by atoms with van der Waals surface area (Å²) in [5.74, 6) is -2.67. The van der Waals surface area contributed by atoms with E-state index in [2.05, 4.69) is 36.4 Å². The Balaban J connectivity index is 0.000000414. The highest BCUT2D eigenvalue weighted by atomic mass is 32.1. The fraction of sp³-hybridized carbons (Fsp3) is 0.464. The molecular formula is C28H36F2N4O2S. The normalized spacial score (nSPS) is 16.3. The lowest BCUT2D eigenvalue weighted by Crippen LogP contribution is -2.32. The number of aromatic nitrogens is 2. The second kappa shape index (κ2) is 12.9. The molecule has 1 aliphatic rings. The number of rotatable bonds is 10. The predicted molar refractivity (Wildman–Crippen MR) is 145 cm³/mol. The van der Waals surface area contributed by atoms with Crippen molar-refractivity contribution in [2.75, 3.05) is 11.9 Å². The molecule has 1 saturated carbocycles. The monoisotopic (exact) mass is 530 g/mol. The number of alkyl halides is 2. The maximum absolute atomic E-state index is 13.1. The number of nitrogens with zero attached hydrogens (tertiary/aromatic N) is 2. The summed E-state index contributed by atoms with van der Waals surface area (Å²) >= 11 is 1.29. The summed E-state index contributed by atoms with van der Waals surface area (Å²) in [6.45, 7) is 8.59. The number of carbonyl (C=O) groups excluding carboxylic acids is 2. The lowest BCUT2D eigenvalue weighted by Gasteiger charge is -2.04. The van der Waals surface area contributed by atoms with Gasteiger partial charge in [0.2, 0.25) is 5.91 Å². The molecule has 37 heavy (non-hydrogen) atoms. The van der Waals surface area contributed by atoms with Gasteiger partial charge >= 0.3 is 0 Å². The maximum atomic E-state index is 13.1. The standard InChI is InChI=1S/C20H18F2N4O2S.C8H18/c1-12-3-2-4-13(7-12)15-11-29-19(24-15)25-17(27)9-23-18(28)14-5-6-26(10-14)16-8-20(16,21)22;1-4-6-7-8(3)5-2/h2-7,10-11,16H,8-9H2,1H3,(H,23,28)(H,24,25,27);8H,4-7H2,1-3H3. The first kappa shape index (κ1) is 28.5. The number of hydrogen-bond donors (Lipinski definition) is 2. The van der Waals surface area contributed by atoms with Gasteiger partial charge in [-0.1, -0.05) is 70.2 Å². The van der Waals surface area contributed by atoms with E-state index in [0.29, 0.717) is 5.13 Å². The predicted octanol–water partition coefficient (Wildman–Crippen LogP) is 7.09. The highest BCUT2D eigenvalue weighted by Crippen LogP contribution is 2.52. The van der Waals surface area contributed by atoms with E-state index in [1.54, 1.807) is 0 Å². The Kier molecular flexibility index (Phi) is 9.97. The van der Waals surface area contributed by atoms with Gasteiger partial charge in [-0.25, -0.2) is 13.8 Å². The average molecular weight is 531 g/mol. The van der Waals surface area contributed by atoms with E-state index < -0.39 is 23.8 Å². The summed E-state index contributed by atoms with van der Waals surface area (Å²) in [6.07, 6.45) is 8.13. The molecule has 2 unspecified atom stereocenters. The molecular weight excluding hydrogens is 494 g/mol. The molecule has 0 saturated heterocycles. The van der Waals surface area contributed by atoms with Gasteiger partial charge in [0.1, 0.15) is 6.04 Å². The van der Waals surface area contributed by atoms with E-state index in [0.717, 1.165) is 22.7 Å². The van der Waals surface area contributed by atoms with Crippen LogP contribution in [0.4, 0.5) is 13.9 Å². The lowest BCUT2D eigenvalue weighted by molar-refractivity contribution is -0.115. The van der Waals surface area contributed by atoms with Crippen molar-refractivity contribution < 1.29 is 18.4 Å². The molecule has 6 nitrogen and oxygen atoms in total. The molecule has 0 bridgehead atoms. The number of carbonyl (C=O) groups is 2. The van der Waals surface area contributed by atoms with Crippen LogP contribution in [0.5, 0.6) is 0 Å². The molecule has 2 N–H and O–H groups in total. The minimum absolute atomic E-state index is 0.219. The molecule has 2 atom stereocenters. The molecule has 0 radical (unpaired) electrons. The first-order chi connectivity index (χ1) is 17.6. The van der Waals surface area contributed by atoms with Crippen LogP contribution in [-0.2, 0) is 4.79 Å². The summed E-state index contributed by atoms with van der Waals surface area (Å²) in [6, 6.07) is 8.44.